The molecule has 0 aliphatic carbocycles. The number of pyridine rings is 1. The zero-order valence-electron chi connectivity index (χ0n) is 19.5. The first-order valence-electron chi connectivity index (χ1n) is 11.3. The quantitative estimate of drug-likeness (QED) is 0.760. The van der Waals surface area contributed by atoms with Gasteiger partial charge in [-0.1, -0.05) is 6.07 Å². The van der Waals surface area contributed by atoms with Crippen molar-refractivity contribution < 1.29 is 18.7 Å². The van der Waals surface area contributed by atoms with Gasteiger partial charge in [-0.25, -0.2) is 18.9 Å². The maximum absolute atomic E-state index is 13.6. The Balaban J connectivity index is 1.43. The van der Waals surface area contributed by atoms with Crippen molar-refractivity contribution in [3.05, 3.63) is 42.1 Å². The van der Waals surface area contributed by atoms with Crippen LogP contribution in [0.25, 0.3) is 5.82 Å². The molecule has 1 spiro atoms. The van der Waals surface area contributed by atoms with E-state index >= 15 is 0 Å². The first kappa shape index (κ1) is 23.2. The zero-order valence-corrected chi connectivity index (χ0v) is 19.5. The second kappa shape index (κ2) is 8.74. The molecule has 9 nitrogen and oxygen atoms in total. The van der Waals surface area contributed by atoms with Gasteiger partial charge in [0.1, 0.15) is 11.1 Å². The summed E-state index contributed by atoms with van der Waals surface area (Å²) in [6, 6.07) is 3.48. The van der Waals surface area contributed by atoms with Crippen molar-refractivity contribution in [3.63, 3.8) is 0 Å². The fourth-order valence-corrected chi connectivity index (χ4v) is 4.41. The molecule has 2 fully saturated rings. The van der Waals surface area contributed by atoms with Gasteiger partial charge >= 0.3 is 6.09 Å². The van der Waals surface area contributed by atoms with Crippen LogP contribution in [0, 0.1) is 5.82 Å². The molecule has 33 heavy (non-hydrogen) atoms. The molecule has 4 rings (SSSR count). The van der Waals surface area contributed by atoms with E-state index in [0.29, 0.717) is 44.8 Å². The minimum atomic E-state index is -0.676. The summed E-state index contributed by atoms with van der Waals surface area (Å²) in [6.45, 7) is 9.71. The summed E-state index contributed by atoms with van der Waals surface area (Å²) in [5, 5.41) is 7.36. The minimum absolute atomic E-state index is 0.0447. The van der Waals surface area contributed by atoms with Crippen molar-refractivity contribution in [3.8, 4) is 5.82 Å². The van der Waals surface area contributed by atoms with E-state index in [1.54, 1.807) is 17.2 Å². The second-order valence-electron chi connectivity index (χ2n) is 9.70. The van der Waals surface area contributed by atoms with Gasteiger partial charge in [0.15, 0.2) is 11.6 Å². The number of carbonyl (C=O) groups is 2. The monoisotopic (exact) mass is 458 g/mol. The molecule has 4 heterocycles. The lowest BCUT2D eigenvalue weighted by Gasteiger charge is -2.48. The minimum Gasteiger partial charge on any atom is -0.444 e. The largest absolute Gasteiger partial charge is 0.444 e. The number of rotatable bonds is 3. The summed E-state index contributed by atoms with van der Waals surface area (Å²) in [5.74, 6) is 0.124. The van der Waals surface area contributed by atoms with E-state index in [9.17, 15) is 14.0 Å². The summed E-state index contributed by atoms with van der Waals surface area (Å²) < 4.78 is 20.1. The zero-order chi connectivity index (χ0) is 23.8. The van der Waals surface area contributed by atoms with Crippen LogP contribution < -0.4 is 5.32 Å². The molecular weight excluding hydrogens is 427 g/mol. The Bertz CT molecular complexity index is 1010. The SMILES string of the molecule is CC(c1ccc(-n2cc(F)cn2)nc1)N1CCNC2(CCN(C(=O)OC(C)(C)C)CC2)C1=O. The average molecular weight is 459 g/mol. The van der Waals surface area contributed by atoms with Crippen molar-refractivity contribution >= 4 is 12.0 Å². The number of hydrogen-bond donors (Lipinski definition) is 1. The van der Waals surface area contributed by atoms with Gasteiger partial charge < -0.3 is 19.9 Å². The molecule has 0 bridgehead atoms. The van der Waals surface area contributed by atoms with Gasteiger partial charge in [-0.2, -0.15) is 5.10 Å². The number of amides is 2. The Morgan fingerprint density at radius 1 is 1.21 bits per heavy atom. The number of ether oxygens (including phenoxy) is 1. The first-order valence-corrected chi connectivity index (χ1v) is 11.3. The van der Waals surface area contributed by atoms with Crippen LogP contribution in [-0.2, 0) is 9.53 Å². The van der Waals surface area contributed by atoms with Crippen LogP contribution in [0.4, 0.5) is 9.18 Å². The molecule has 2 aliphatic heterocycles. The molecule has 2 aromatic rings. The van der Waals surface area contributed by atoms with E-state index in [1.165, 1.54) is 10.9 Å². The van der Waals surface area contributed by atoms with Crippen LogP contribution in [0.5, 0.6) is 0 Å². The summed E-state index contributed by atoms with van der Waals surface area (Å²) in [5.41, 5.74) is -0.333. The van der Waals surface area contributed by atoms with E-state index < -0.39 is 17.0 Å². The molecule has 1 unspecified atom stereocenters. The third-order valence-electron chi connectivity index (χ3n) is 6.26. The smallest absolute Gasteiger partial charge is 0.410 e. The van der Waals surface area contributed by atoms with Crippen molar-refractivity contribution in [2.24, 2.45) is 0 Å². The molecule has 0 radical (unpaired) electrons. The molecule has 1 atom stereocenters. The third-order valence-corrected chi connectivity index (χ3v) is 6.26. The molecule has 1 N–H and O–H groups in total. The molecule has 10 heteroatoms. The van der Waals surface area contributed by atoms with Gasteiger partial charge in [0.05, 0.1) is 18.4 Å². The fourth-order valence-electron chi connectivity index (χ4n) is 4.41. The molecular formula is C23H31FN6O3. The van der Waals surface area contributed by atoms with E-state index in [-0.39, 0.29) is 18.0 Å². The number of nitrogens with zero attached hydrogens (tertiary/aromatic N) is 5. The van der Waals surface area contributed by atoms with Gasteiger partial charge in [0.25, 0.3) is 0 Å². The van der Waals surface area contributed by atoms with Gasteiger partial charge in [-0.05, 0) is 52.2 Å². The number of carbonyl (C=O) groups excluding carboxylic acids is 2. The van der Waals surface area contributed by atoms with Gasteiger partial charge in [-0.3, -0.25) is 4.79 Å². The van der Waals surface area contributed by atoms with Crippen molar-refractivity contribution in [2.45, 2.75) is 57.7 Å². The van der Waals surface area contributed by atoms with E-state index in [1.807, 2.05) is 38.7 Å². The predicted molar refractivity (Wildman–Crippen MR) is 119 cm³/mol. The van der Waals surface area contributed by atoms with Crippen LogP contribution in [-0.4, -0.2) is 73.9 Å². The van der Waals surface area contributed by atoms with Crippen molar-refractivity contribution in [2.75, 3.05) is 26.2 Å². The van der Waals surface area contributed by atoms with E-state index in [4.69, 9.17) is 4.74 Å². The maximum Gasteiger partial charge on any atom is 0.410 e. The van der Waals surface area contributed by atoms with Crippen molar-refractivity contribution in [1.82, 2.24) is 29.9 Å². The lowest BCUT2D eigenvalue weighted by molar-refractivity contribution is -0.146. The highest BCUT2D eigenvalue weighted by Crippen LogP contribution is 2.32. The summed E-state index contributed by atoms with van der Waals surface area (Å²) >= 11 is 0. The molecule has 178 valence electrons. The van der Waals surface area contributed by atoms with Crippen LogP contribution in [0.3, 0.4) is 0 Å². The molecule has 0 saturated carbocycles. The Kier molecular flexibility index (Phi) is 6.13. The third kappa shape index (κ3) is 4.85. The number of aromatic nitrogens is 3. The van der Waals surface area contributed by atoms with Crippen molar-refractivity contribution in [1.29, 1.82) is 0 Å². The van der Waals surface area contributed by atoms with Crippen LogP contribution in [0.2, 0.25) is 0 Å². The number of piperazine rings is 1. The summed E-state index contributed by atoms with van der Waals surface area (Å²) in [6.07, 6.45) is 4.83. The molecule has 2 aromatic heterocycles. The molecule has 2 saturated heterocycles. The van der Waals surface area contributed by atoms with Gasteiger partial charge in [0, 0.05) is 32.4 Å². The van der Waals surface area contributed by atoms with Crippen LogP contribution in [0.15, 0.2) is 30.7 Å². The van der Waals surface area contributed by atoms with E-state index in [0.717, 1.165) is 11.8 Å². The van der Waals surface area contributed by atoms with E-state index in [2.05, 4.69) is 15.4 Å². The topological polar surface area (TPSA) is 92.6 Å². The normalized spacial score (nSPS) is 19.6. The fraction of sp³-hybridized carbons (Fsp3) is 0.565. The Morgan fingerprint density at radius 3 is 2.52 bits per heavy atom. The van der Waals surface area contributed by atoms with Gasteiger partial charge in [0.2, 0.25) is 5.91 Å². The first-order chi connectivity index (χ1) is 15.6. The summed E-state index contributed by atoms with van der Waals surface area (Å²) in [4.78, 5) is 33.9. The van der Waals surface area contributed by atoms with Crippen LogP contribution in [0.1, 0.15) is 52.1 Å². The van der Waals surface area contributed by atoms with Gasteiger partial charge in [-0.15, -0.1) is 0 Å². The highest BCUT2D eigenvalue weighted by atomic mass is 19.1. The lowest BCUT2D eigenvalue weighted by Crippen LogP contribution is -2.68. The highest BCUT2D eigenvalue weighted by molar-refractivity contribution is 5.88. The molecule has 0 aromatic carbocycles. The molecule has 2 aliphatic rings. The predicted octanol–water partition coefficient (Wildman–Crippen LogP) is 2.67. The number of nitrogens with one attached hydrogen (secondary N) is 1. The second-order valence-corrected chi connectivity index (χ2v) is 9.70. The number of piperidine rings is 1. The maximum atomic E-state index is 13.6. The number of likely N-dealkylation sites (tertiary alicyclic amines) is 1. The lowest BCUT2D eigenvalue weighted by atomic mass is 9.83. The van der Waals surface area contributed by atoms with Crippen LogP contribution >= 0.6 is 0 Å². The standard InChI is InChI=1S/C23H31FN6O3/c1-16(17-5-6-19(25-13-17)30-15-18(24)14-27-30)29-12-9-26-23(20(29)31)7-10-28(11-8-23)21(32)33-22(2,3)4/h5-6,13-16,26H,7-12H2,1-4H3. The highest BCUT2D eigenvalue weighted by Gasteiger charge is 2.47. The number of halogens is 1. The molecule has 2 amide bonds. The Hall–Kier alpha value is -3.01. The Labute approximate surface area is 192 Å². The number of hydrogen-bond acceptors (Lipinski definition) is 6. The summed E-state index contributed by atoms with van der Waals surface area (Å²) in [7, 11) is 0. The Morgan fingerprint density at radius 2 is 1.94 bits per heavy atom. The average Bonchev–Trinajstić information content (AvgIpc) is 3.21.